The summed E-state index contributed by atoms with van der Waals surface area (Å²) in [5.41, 5.74) is 4.10. The molecule has 0 aromatic heterocycles. The zero-order valence-electron chi connectivity index (χ0n) is 25.1. The molecular weight excluding hydrogens is 534 g/mol. The summed E-state index contributed by atoms with van der Waals surface area (Å²) in [6.07, 6.45) is 1.73. The predicted octanol–water partition coefficient (Wildman–Crippen LogP) is 5.78. The second-order valence-corrected chi connectivity index (χ2v) is 12.4. The predicted molar refractivity (Wildman–Crippen MR) is 165 cm³/mol. The average Bonchev–Trinajstić information content (AvgIpc) is 2.95. The Kier molecular flexibility index (Phi) is 11.1. The van der Waals surface area contributed by atoms with Crippen LogP contribution in [0.5, 0.6) is 0 Å². The summed E-state index contributed by atoms with van der Waals surface area (Å²) < 4.78 is 29.4. The molecule has 41 heavy (non-hydrogen) atoms. The second kappa shape index (κ2) is 14.3. The van der Waals surface area contributed by atoms with E-state index in [1.54, 1.807) is 36.4 Å². The minimum absolute atomic E-state index is 0.0534. The average molecular weight is 578 g/mol. The Hall–Kier alpha value is -3.65. The SMILES string of the molecule is CCc1ccccc1N(CC(=O)N(Cc1cccc(C)c1)[C@@H](CC)C(=O)N[C@H](C)CC)S(=O)(=O)c1ccc(C)cc1. The first-order chi connectivity index (χ1) is 19.5. The van der Waals surface area contributed by atoms with Gasteiger partial charge in [0.15, 0.2) is 0 Å². The molecule has 0 saturated carbocycles. The van der Waals surface area contributed by atoms with Crippen LogP contribution in [0.2, 0.25) is 0 Å². The van der Waals surface area contributed by atoms with Crippen molar-refractivity contribution in [3.8, 4) is 0 Å². The van der Waals surface area contributed by atoms with Gasteiger partial charge in [-0.2, -0.15) is 0 Å². The minimum Gasteiger partial charge on any atom is -0.352 e. The van der Waals surface area contributed by atoms with E-state index >= 15 is 0 Å². The number of rotatable bonds is 13. The van der Waals surface area contributed by atoms with Crippen molar-refractivity contribution in [3.05, 3.63) is 95.1 Å². The number of aryl methyl sites for hydroxylation is 3. The standard InChI is InChI=1S/C33H43N3O4S/c1-7-26(6)34-33(38)30(9-3)35(22-27-14-12-13-25(5)21-27)32(37)23-36(31-16-11-10-15-28(31)8-2)41(39,40)29-19-17-24(4)18-20-29/h10-21,26,30H,7-9,22-23H2,1-6H3,(H,34,38)/t26-,30+/m1/s1. The number of amides is 2. The summed E-state index contributed by atoms with van der Waals surface area (Å²) in [5, 5.41) is 3.01. The van der Waals surface area contributed by atoms with E-state index in [0.29, 0.717) is 18.5 Å². The number of carbonyl (C=O) groups is 2. The van der Waals surface area contributed by atoms with Crippen LogP contribution in [0.25, 0.3) is 0 Å². The molecule has 0 heterocycles. The molecule has 2 atom stereocenters. The van der Waals surface area contributed by atoms with Crippen LogP contribution >= 0.6 is 0 Å². The largest absolute Gasteiger partial charge is 0.352 e. The number of nitrogens with zero attached hydrogens (tertiary/aromatic N) is 2. The summed E-state index contributed by atoms with van der Waals surface area (Å²) in [6.45, 7) is 11.3. The van der Waals surface area contributed by atoms with Crippen LogP contribution in [0.4, 0.5) is 5.69 Å². The molecule has 0 aliphatic rings. The van der Waals surface area contributed by atoms with Gasteiger partial charge in [0, 0.05) is 12.6 Å². The highest BCUT2D eigenvalue weighted by Gasteiger charge is 2.34. The quantitative estimate of drug-likeness (QED) is 0.279. The maximum absolute atomic E-state index is 14.2. The van der Waals surface area contributed by atoms with Crippen molar-refractivity contribution in [1.29, 1.82) is 0 Å². The molecule has 0 fully saturated rings. The number of hydrogen-bond donors (Lipinski definition) is 1. The number of carbonyl (C=O) groups excluding carboxylic acids is 2. The van der Waals surface area contributed by atoms with Gasteiger partial charge in [0.05, 0.1) is 10.6 Å². The van der Waals surface area contributed by atoms with Gasteiger partial charge < -0.3 is 10.2 Å². The van der Waals surface area contributed by atoms with E-state index in [9.17, 15) is 18.0 Å². The van der Waals surface area contributed by atoms with Crippen molar-refractivity contribution in [1.82, 2.24) is 10.2 Å². The van der Waals surface area contributed by atoms with E-state index in [0.717, 1.165) is 28.7 Å². The topological polar surface area (TPSA) is 86.8 Å². The van der Waals surface area contributed by atoms with E-state index < -0.39 is 28.5 Å². The molecule has 1 N–H and O–H groups in total. The highest BCUT2D eigenvalue weighted by molar-refractivity contribution is 7.92. The van der Waals surface area contributed by atoms with Crippen molar-refractivity contribution in [2.24, 2.45) is 0 Å². The third kappa shape index (κ3) is 7.97. The second-order valence-electron chi connectivity index (χ2n) is 10.6. The Morgan fingerprint density at radius 3 is 2.15 bits per heavy atom. The fraction of sp³-hybridized carbons (Fsp3) is 0.394. The number of sulfonamides is 1. The smallest absolute Gasteiger partial charge is 0.264 e. The van der Waals surface area contributed by atoms with E-state index in [1.807, 2.05) is 77.9 Å². The molecule has 8 heteroatoms. The van der Waals surface area contributed by atoms with E-state index in [2.05, 4.69) is 5.32 Å². The van der Waals surface area contributed by atoms with Gasteiger partial charge in [-0.1, -0.05) is 86.5 Å². The fourth-order valence-corrected chi connectivity index (χ4v) is 6.22. The number of para-hydroxylation sites is 1. The molecule has 0 aliphatic heterocycles. The van der Waals surface area contributed by atoms with Crippen LogP contribution in [-0.4, -0.2) is 43.8 Å². The van der Waals surface area contributed by atoms with Crippen LogP contribution < -0.4 is 9.62 Å². The monoisotopic (exact) mass is 577 g/mol. The van der Waals surface area contributed by atoms with Gasteiger partial charge in [0.2, 0.25) is 11.8 Å². The molecule has 220 valence electrons. The molecule has 0 unspecified atom stereocenters. The lowest BCUT2D eigenvalue weighted by atomic mass is 10.1. The van der Waals surface area contributed by atoms with Crippen LogP contribution in [-0.2, 0) is 32.6 Å². The summed E-state index contributed by atoms with van der Waals surface area (Å²) >= 11 is 0. The first kappa shape index (κ1) is 31.9. The van der Waals surface area contributed by atoms with Gasteiger partial charge in [0.1, 0.15) is 12.6 Å². The first-order valence-electron chi connectivity index (χ1n) is 14.3. The summed E-state index contributed by atoms with van der Waals surface area (Å²) in [5.74, 6) is -0.691. The molecule has 0 radical (unpaired) electrons. The Morgan fingerprint density at radius 2 is 1.54 bits per heavy atom. The Bertz CT molecular complexity index is 1440. The molecular formula is C33H43N3O4S. The zero-order chi connectivity index (χ0) is 30.2. The fourth-order valence-electron chi connectivity index (χ4n) is 4.77. The highest BCUT2D eigenvalue weighted by atomic mass is 32.2. The van der Waals surface area contributed by atoms with Gasteiger partial charge in [-0.15, -0.1) is 0 Å². The lowest BCUT2D eigenvalue weighted by Crippen LogP contribution is -2.53. The van der Waals surface area contributed by atoms with Crippen molar-refractivity contribution in [3.63, 3.8) is 0 Å². The lowest BCUT2D eigenvalue weighted by Gasteiger charge is -2.34. The summed E-state index contributed by atoms with van der Waals surface area (Å²) in [4.78, 5) is 29.3. The molecule has 0 aliphatic carbocycles. The van der Waals surface area contributed by atoms with Gasteiger partial charge in [-0.05, 0) is 69.4 Å². The minimum atomic E-state index is -4.10. The number of hydrogen-bond acceptors (Lipinski definition) is 4. The number of benzene rings is 3. The molecule has 0 spiro atoms. The molecule has 2 amide bonds. The number of nitrogens with one attached hydrogen (secondary N) is 1. The van der Waals surface area contributed by atoms with Crippen LogP contribution in [0.15, 0.2) is 77.7 Å². The van der Waals surface area contributed by atoms with Gasteiger partial charge >= 0.3 is 0 Å². The molecule has 0 saturated heterocycles. The summed E-state index contributed by atoms with van der Waals surface area (Å²) in [7, 11) is -4.10. The zero-order valence-corrected chi connectivity index (χ0v) is 25.9. The maximum Gasteiger partial charge on any atom is 0.264 e. The lowest BCUT2D eigenvalue weighted by molar-refractivity contribution is -0.140. The third-order valence-electron chi connectivity index (χ3n) is 7.35. The molecule has 0 bridgehead atoms. The van der Waals surface area contributed by atoms with Crippen molar-refractivity contribution in [2.45, 2.75) is 84.3 Å². The molecule has 7 nitrogen and oxygen atoms in total. The van der Waals surface area contributed by atoms with Gasteiger partial charge in [-0.25, -0.2) is 8.42 Å². The van der Waals surface area contributed by atoms with Crippen molar-refractivity contribution < 1.29 is 18.0 Å². The Labute approximate surface area is 245 Å². The molecule has 3 aromatic carbocycles. The Morgan fingerprint density at radius 1 is 0.854 bits per heavy atom. The third-order valence-corrected chi connectivity index (χ3v) is 9.13. The molecule has 3 rings (SSSR count). The first-order valence-corrected chi connectivity index (χ1v) is 15.8. The van der Waals surface area contributed by atoms with Crippen LogP contribution in [0.3, 0.4) is 0 Å². The van der Waals surface area contributed by atoms with Crippen LogP contribution in [0.1, 0.15) is 62.8 Å². The number of anilines is 1. The van der Waals surface area contributed by atoms with E-state index in [-0.39, 0.29) is 23.4 Å². The van der Waals surface area contributed by atoms with Gasteiger partial charge in [-0.3, -0.25) is 13.9 Å². The summed E-state index contributed by atoms with van der Waals surface area (Å²) in [6, 6.07) is 20.8. The van der Waals surface area contributed by atoms with Crippen LogP contribution in [0, 0.1) is 13.8 Å². The maximum atomic E-state index is 14.2. The van der Waals surface area contributed by atoms with E-state index in [4.69, 9.17) is 0 Å². The normalized spacial score (nSPS) is 12.8. The van der Waals surface area contributed by atoms with Crippen molar-refractivity contribution >= 4 is 27.5 Å². The Balaban J connectivity index is 2.10. The molecule has 3 aromatic rings. The highest BCUT2D eigenvalue weighted by Crippen LogP contribution is 2.28. The van der Waals surface area contributed by atoms with E-state index in [1.165, 1.54) is 9.21 Å². The van der Waals surface area contributed by atoms with Gasteiger partial charge in [0.25, 0.3) is 10.0 Å². The van der Waals surface area contributed by atoms with Crippen molar-refractivity contribution in [2.75, 3.05) is 10.8 Å².